The Labute approximate surface area is 399 Å². The summed E-state index contributed by atoms with van der Waals surface area (Å²) < 4.78 is 21.0. The number of H-pyrrole nitrogens is 2. The van der Waals surface area contributed by atoms with Crippen LogP contribution in [0.25, 0.3) is 44.4 Å². The molecule has 4 aliphatic heterocycles. The molecular formula is C52H66N8O8. The zero-order valence-corrected chi connectivity index (χ0v) is 38.7. The van der Waals surface area contributed by atoms with Crippen molar-refractivity contribution in [2.24, 2.45) is 23.2 Å². The highest BCUT2D eigenvalue weighted by molar-refractivity contribution is 5.91. The molecular weight excluding hydrogens is 865 g/mol. The number of alkyl carbamates (subject to hydrolysis) is 2. The molecule has 1 spiro atoms. The van der Waals surface area contributed by atoms with Crippen LogP contribution in [-0.4, -0.2) is 119 Å². The number of benzene rings is 3. The lowest BCUT2D eigenvalue weighted by Gasteiger charge is -2.39. The minimum Gasteiger partial charge on any atom is -0.453 e. The molecule has 2 unspecified atom stereocenters. The van der Waals surface area contributed by atoms with Gasteiger partial charge in [-0.25, -0.2) is 19.6 Å². The maximum Gasteiger partial charge on any atom is 0.407 e. The second-order valence-corrected chi connectivity index (χ2v) is 19.9. The van der Waals surface area contributed by atoms with Crippen molar-refractivity contribution < 1.29 is 42.4 Å². The van der Waals surface area contributed by atoms with E-state index in [2.05, 4.69) is 81.3 Å². The van der Waals surface area contributed by atoms with Crippen LogP contribution in [0.5, 0.6) is 0 Å². The van der Waals surface area contributed by atoms with Crippen LogP contribution in [0, 0.1) is 23.2 Å². The van der Waals surface area contributed by atoms with Gasteiger partial charge in [0.05, 0.1) is 50.1 Å². The van der Waals surface area contributed by atoms with E-state index < -0.39 is 24.3 Å². The molecule has 2 bridgehead atoms. The third kappa shape index (κ3) is 8.50. The number of nitrogens with one attached hydrogen (secondary N) is 4. The number of carbonyl (C=O) groups is 4. The van der Waals surface area contributed by atoms with Gasteiger partial charge in [0.2, 0.25) is 11.8 Å². The number of aromatic amines is 2. The number of ether oxygens (including phenoxy) is 4. The van der Waals surface area contributed by atoms with Crippen LogP contribution >= 0.6 is 0 Å². The van der Waals surface area contributed by atoms with Crippen LogP contribution in [0.1, 0.15) is 92.2 Å². The molecule has 68 heavy (non-hydrogen) atoms. The van der Waals surface area contributed by atoms with Crippen molar-refractivity contribution in [2.75, 3.05) is 47.2 Å². The van der Waals surface area contributed by atoms with Crippen molar-refractivity contribution >= 4 is 34.8 Å². The minimum absolute atomic E-state index is 0. The Balaban J connectivity index is 0.00000225. The van der Waals surface area contributed by atoms with Gasteiger partial charge in [0, 0.05) is 48.9 Å². The van der Waals surface area contributed by atoms with Gasteiger partial charge >= 0.3 is 12.2 Å². The van der Waals surface area contributed by atoms with Crippen molar-refractivity contribution in [2.45, 2.75) is 94.4 Å². The second kappa shape index (κ2) is 18.3. The molecule has 5 aromatic rings. The highest BCUT2D eigenvalue weighted by Gasteiger charge is 2.56. The van der Waals surface area contributed by atoms with Crippen LogP contribution < -0.4 is 10.6 Å². The summed E-state index contributed by atoms with van der Waals surface area (Å²) in [5.74, 6) is 1.64. The van der Waals surface area contributed by atoms with E-state index in [0.29, 0.717) is 64.6 Å². The molecule has 2 aromatic heterocycles. The van der Waals surface area contributed by atoms with Gasteiger partial charge in [-0.3, -0.25) is 9.59 Å². The van der Waals surface area contributed by atoms with Crippen molar-refractivity contribution in [1.82, 2.24) is 40.4 Å². The lowest BCUT2D eigenvalue weighted by molar-refractivity contribution is -0.140. The number of carbonyl (C=O) groups excluding carboxylic acids is 4. The number of amides is 4. The van der Waals surface area contributed by atoms with E-state index in [-0.39, 0.29) is 51.5 Å². The summed E-state index contributed by atoms with van der Waals surface area (Å²) in [7, 11) is 2.65. The van der Waals surface area contributed by atoms with Crippen LogP contribution in [0.3, 0.4) is 0 Å². The normalized spacial score (nSPS) is 24.3. The van der Waals surface area contributed by atoms with E-state index in [0.717, 1.165) is 94.6 Å². The Bertz CT molecular complexity index is 2700. The van der Waals surface area contributed by atoms with Gasteiger partial charge in [-0.15, -0.1) is 0 Å². The van der Waals surface area contributed by atoms with E-state index in [1.807, 2.05) is 22.2 Å². The topological polar surface area (TPSA) is 193 Å². The van der Waals surface area contributed by atoms with Gasteiger partial charge in [0.25, 0.3) is 0 Å². The predicted octanol–water partition coefficient (Wildman–Crippen LogP) is 8.43. The summed E-state index contributed by atoms with van der Waals surface area (Å²) in [6.07, 6.45) is 11.2. The SMILES string of the molecule is COC(=O)N[C@H](C(=O)N1CC2(CC2)C[C@H]1c1ncc(-c2ccc3cc(-c4ccc(-c5cnc(C6C7CC[C@H](C7)N6C(=O)[C@@H](NC(=O)OC)C6CCOCC6)[nH]5)cc4)ccc3c2)[nH]1)C1CCOCC1.[HH].[HH].[HH]. The Morgan fingerprint density at radius 2 is 1.24 bits per heavy atom. The quantitative estimate of drug-likeness (QED) is 0.0999. The molecule has 4 amide bonds. The fourth-order valence-corrected chi connectivity index (χ4v) is 12.0. The molecule has 4 N–H and O–H groups in total. The molecule has 11 rings (SSSR count). The van der Waals surface area contributed by atoms with Crippen molar-refractivity contribution in [1.29, 1.82) is 0 Å². The standard InChI is InChI=1S/C52H60N8O8.3H2/c1-65-50(63)57-43(32-13-19-67-20-14-32)48(61)59-29-52(17-18-52)26-42(59)46-53-28-41(55-46)37-10-9-35-23-34(7-8-36(35)24-37)30-3-5-31(6-4-30)40-27-54-47(56-40)45-38-11-12-39(25-38)60(45)49(62)44(58-51(64)66-2)33-15-21-68-22-16-33;;;/h3-10,23-24,27-28,32-33,38-39,42-45H,11-22,25-26,29H2,1-2H3,(H,53,55)(H,54,56)(H,57,63)(H,58,64);3*1H/t38?,39-,42+,43+,44+,45?;;;/m1.../s1. The molecule has 6 heterocycles. The number of hydrogen-bond acceptors (Lipinski definition) is 10. The summed E-state index contributed by atoms with van der Waals surface area (Å²) in [5.41, 5.74) is 6.07. The van der Waals surface area contributed by atoms with Gasteiger partial charge in [-0.2, -0.15) is 0 Å². The Kier molecular flexibility index (Phi) is 11.9. The van der Waals surface area contributed by atoms with Gasteiger partial charge in [0.15, 0.2) is 0 Å². The van der Waals surface area contributed by atoms with Crippen LogP contribution in [0.4, 0.5) is 9.59 Å². The Morgan fingerprint density at radius 1 is 0.691 bits per heavy atom. The lowest BCUT2D eigenvalue weighted by Crippen LogP contribution is -2.55. The second-order valence-electron chi connectivity index (χ2n) is 19.9. The van der Waals surface area contributed by atoms with E-state index in [4.69, 9.17) is 28.9 Å². The Morgan fingerprint density at radius 3 is 1.87 bits per heavy atom. The number of imidazole rings is 2. The minimum atomic E-state index is -0.685. The molecule has 0 radical (unpaired) electrons. The molecule has 362 valence electrons. The highest BCUT2D eigenvalue weighted by Crippen LogP contribution is 2.58. The first kappa shape index (κ1) is 44.3. The first-order valence-corrected chi connectivity index (χ1v) is 24.4. The van der Waals surface area contributed by atoms with Crippen LogP contribution in [0.15, 0.2) is 73.1 Å². The number of methoxy groups -OCH3 is 2. The third-order valence-corrected chi connectivity index (χ3v) is 16.0. The molecule has 6 atom stereocenters. The average Bonchev–Trinajstić information content (AvgIpc) is 4.03. The smallest absolute Gasteiger partial charge is 0.407 e. The first-order chi connectivity index (χ1) is 33.2. The van der Waals surface area contributed by atoms with Crippen molar-refractivity contribution in [3.8, 4) is 33.6 Å². The molecule has 16 heteroatoms. The molecule has 16 nitrogen and oxygen atoms in total. The van der Waals surface area contributed by atoms with Crippen LogP contribution in [-0.2, 0) is 28.5 Å². The molecule has 3 aromatic carbocycles. The molecule has 4 saturated heterocycles. The molecule has 2 saturated carbocycles. The number of aromatic nitrogens is 4. The van der Waals surface area contributed by atoms with Gasteiger partial charge < -0.3 is 49.3 Å². The first-order valence-electron chi connectivity index (χ1n) is 24.4. The summed E-state index contributed by atoms with van der Waals surface area (Å²) in [6, 6.07) is 19.7. The Hall–Kier alpha value is -6.26. The van der Waals surface area contributed by atoms with Gasteiger partial charge in [-0.1, -0.05) is 48.5 Å². The number of piperidine rings is 1. The van der Waals surface area contributed by atoms with Gasteiger partial charge in [-0.05, 0) is 127 Å². The number of hydrogen-bond donors (Lipinski definition) is 4. The lowest BCUT2D eigenvalue weighted by atomic mass is 9.89. The monoisotopic (exact) mass is 931 g/mol. The zero-order chi connectivity index (χ0) is 46.5. The maximum absolute atomic E-state index is 14.4. The number of likely N-dealkylation sites (tertiary alicyclic amines) is 2. The average molecular weight is 931 g/mol. The zero-order valence-electron chi connectivity index (χ0n) is 38.7. The summed E-state index contributed by atoms with van der Waals surface area (Å²) in [5, 5.41) is 7.96. The fraction of sp³-hybridized carbons (Fsp3) is 0.500. The van der Waals surface area contributed by atoms with E-state index in [1.165, 1.54) is 14.2 Å². The third-order valence-electron chi connectivity index (χ3n) is 16.0. The highest BCUT2D eigenvalue weighted by atomic mass is 16.5. The van der Waals surface area contributed by atoms with Gasteiger partial charge in [0.1, 0.15) is 23.7 Å². The van der Waals surface area contributed by atoms with E-state index in [9.17, 15) is 19.2 Å². The summed E-state index contributed by atoms with van der Waals surface area (Å²) in [6.45, 7) is 2.91. The predicted molar refractivity (Wildman–Crippen MR) is 258 cm³/mol. The molecule has 6 fully saturated rings. The van der Waals surface area contributed by atoms with E-state index >= 15 is 0 Å². The number of nitrogens with zero attached hydrogens (tertiary/aromatic N) is 4. The van der Waals surface area contributed by atoms with Crippen LogP contribution in [0.2, 0.25) is 0 Å². The molecule has 2 aliphatic carbocycles. The largest absolute Gasteiger partial charge is 0.453 e. The van der Waals surface area contributed by atoms with Crippen molar-refractivity contribution in [3.05, 3.63) is 84.7 Å². The van der Waals surface area contributed by atoms with E-state index in [1.54, 1.807) is 0 Å². The molecule has 6 aliphatic rings. The fourth-order valence-electron chi connectivity index (χ4n) is 12.0. The van der Waals surface area contributed by atoms with Crippen molar-refractivity contribution in [3.63, 3.8) is 0 Å². The number of fused-ring (bicyclic) bond motifs is 3. The maximum atomic E-state index is 14.4. The summed E-state index contributed by atoms with van der Waals surface area (Å²) in [4.78, 5) is 74.5. The number of rotatable bonds is 11. The summed E-state index contributed by atoms with van der Waals surface area (Å²) >= 11 is 0.